The Labute approximate surface area is 137 Å². The van der Waals surface area contributed by atoms with E-state index >= 15 is 0 Å². The molecule has 0 unspecified atom stereocenters. The highest BCUT2D eigenvalue weighted by Crippen LogP contribution is 2.58. The molecule has 0 radical (unpaired) electrons. The van der Waals surface area contributed by atoms with Crippen LogP contribution in [-0.2, 0) is 16.9 Å². The third kappa shape index (κ3) is 3.18. The molecule has 3 rings (SSSR count). The van der Waals surface area contributed by atoms with Crippen LogP contribution in [0.25, 0.3) is 0 Å². The van der Waals surface area contributed by atoms with Gasteiger partial charge in [0, 0.05) is 29.0 Å². The Morgan fingerprint density at radius 2 is 2.00 bits per heavy atom. The second-order valence-electron chi connectivity index (χ2n) is 6.10. The number of nitrogens with one attached hydrogen (secondary N) is 1. The first kappa shape index (κ1) is 15.8. The summed E-state index contributed by atoms with van der Waals surface area (Å²) in [4.78, 5) is 6.14. The summed E-state index contributed by atoms with van der Waals surface area (Å²) >= 11 is 4.42. The number of hydrogen-bond acceptors (Lipinski definition) is 3. The van der Waals surface area contributed by atoms with Crippen molar-refractivity contribution in [2.24, 2.45) is 0 Å². The van der Waals surface area contributed by atoms with Gasteiger partial charge in [0.25, 0.3) is 0 Å². The van der Waals surface area contributed by atoms with E-state index in [-0.39, 0.29) is 0 Å². The highest BCUT2D eigenvalue weighted by molar-refractivity contribution is 8.20. The summed E-state index contributed by atoms with van der Waals surface area (Å²) in [5, 5.41) is 0. The fourth-order valence-electron chi connectivity index (χ4n) is 3.78. The van der Waals surface area contributed by atoms with E-state index in [0.29, 0.717) is 4.08 Å². The Bertz CT molecular complexity index is 459. The van der Waals surface area contributed by atoms with Crippen molar-refractivity contribution in [2.45, 2.75) is 50.0 Å². The molecule has 4 heteroatoms. The number of aromatic amines is 1. The molecule has 1 aliphatic heterocycles. The Kier molecular flexibility index (Phi) is 5.28. The van der Waals surface area contributed by atoms with Gasteiger partial charge < -0.3 is 9.88 Å². The highest BCUT2D eigenvalue weighted by atomic mass is 32.2. The molecule has 1 aromatic rings. The third-order valence-corrected chi connectivity index (χ3v) is 8.46. The van der Waals surface area contributed by atoms with Crippen LogP contribution in [0.2, 0.25) is 0 Å². The van der Waals surface area contributed by atoms with Crippen LogP contribution in [-0.4, -0.2) is 41.0 Å². The lowest BCUT2D eigenvalue weighted by molar-refractivity contribution is 0.300. The molecule has 21 heavy (non-hydrogen) atoms. The molecule has 0 saturated carbocycles. The summed E-state index contributed by atoms with van der Waals surface area (Å²) in [6, 6.07) is 0. The van der Waals surface area contributed by atoms with E-state index in [1.165, 1.54) is 63.2 Å². The van der Waals surface area contributed by atoms with Crippen LogP contribution in [0, 0.1) is 0 Å². The predicted molar refractivity (Wildman–Crippen MR) is 96.4 cm³/mol. The minimum absolute atomic E-state index is 0.401. The topological polar surface area (TPSA) is 19.0 Å². The number of fused-ring (bicyclic) bond motifs is 2. The van der Waals surface area contributed by atoms with E-state index in [0.717, 1.165) is 0 Å². The lowest BCUT2D eigenvalue weighted by Crippen LogP contribution is -2.25. The van der Waals surface area contributed by atoms with Crippen LogP contribution in [0.3, 0.4) is 0 Å². The number of H-pyrrole nitrogens is 1. The Hall–Kier alpha value is -0.0600. The molecule has 2 nitrogen and oxygen atoms in total. The van der Waals surface area contributed by atoms with Gasteiger partial charge in [-0.3, -0.25) is 0 Å². The molecule has 1 fully saturated rings. The van der Waals surface area contributed by atoms with Gasteiger partial charge in [-0.05, 0) is 57.3 Å². The molecule has 0 bridgehead atoms. The molecule has 2 aliphatic rings. The summed E-state index contributed by atoms with van der Waals surface area (Å²) < 4.78 is 0.401. The van der Waals surface area contributed by atoms with Gasteiger partial charge in [0.05, 0.1) is 4.08 Å². The van der Waals surface area contributed by atoms with Gasteiger partial charge in [-0.15, -0.1) is 23.5 Å². The minimum Gasteiger partial charge on any atom is -0.364 e. The van der Waals surface area contributed by atoms with Gasteiger partial charge in [-0.25, -0.2) is 0 Å². The van der Waals surface area contributed by atoms with Gasteiger partial charge in [-0.2, -0.15) is 0 Å². The maximum atomic E-state index is 3.60. The number of thioether (sulfide) groups is 2. The Morgan fingerprint density at radius 3 is 2.71 bits per heavy atom. The van der Waals surface area contributed by atoms with Crippen molar-refractivity contribution in [3.8, 4) is 0 Å². The van der Waals surface area contributed by atoms with Crippen molar-refractivity contribution in [3.05, 3.63) is 23.0 Å². The summed E-state index contributed by atoms with van der Waals surface area (Å²) in [6.07, 6.45) is 8.83. The largest absolute Gasteiger partial charge is 0.364 e. The van der Waals surface area contributed by atoms with Crippen LogP contribution >= 0.6 is 23.5 Å². The van der Waals surface area contributed by atoms with Crippen molar-refractivity contribution >= 4 is 23.5 Å². The summed E-state index contributed by atoms with van der Waals surface area (Å²) in [5.41, 5.74) is 4.85. The number of aromatic nitrogens is 1. The molecule has 118 valence electrons. The van der Waals surface area contributed by atoms with Crippen molar-refractivity contribution in [1.82, 2.24) is 9.88 Å². The van der Waals surface area contributed by atoms with E-state index in [1.807, 2.05) is 0 Å². The number of rotatable bonds is 6. The van der Waals surface area contributed by atoms with E-state index in [4.69, 9.17) is 0 Å². The van der Waals surface area contributed by atoms with E-state index in [1.54, 1.807) is 16.8 Å². The highest BCUT2D eigenvalue weighted by Gasteiger charge is 2.42. The van der Waals surface area contributed by atoms with Crippen LogP contribution < -0.4 is 0 Å². The molecule has 0 atom stereocenters. The second-order valence-corrected chi connectivity index (χ2v) is 9.15. The lowest BCUT2D eigenvalue weighted by atomic mass is 9.92. The Balaban J connectivity index is 1.71. The summed E-state index contributed by atoms with van der Waals surface area (Å²) in [7, 11) is 0. The fraction of sp³-hybridized carbons (Fsp3) is 0.765. The molecule has 1 saturated heterocycles. The molecular weight excluding hydrogens is 296 g/mol. The van der Waals surface area contributed by atoms with Gasteiger partial charge in [0.15, 0.2) is 0 Å². The van der Waals surface area contributed by atoms with Gasteiger partial charge in [0.2, 0.25) is 0 Å². The van der Waals surface area contributed by atoms with Crippen LogP contribution in [0.4, 0.5) is 0 Å². The standard InChI is InChI=1S/C17H28N2S2/c1-3-19(4-2)10-6-7-14-13-18-15-8-5-9-17(16(14)15)20-11-12-21-17/h13,18H,3-12H2,1-2H3. The summed E-state index contributed by atoms with van der Waals surface area (Å²) in [6.45, 7) is 8.12. The van der Waals surface area contributed by atoms with Crippen molar-refractivity contribution in [3.63, 3.8) is 0 Å². The lowest BCUT2D eigenvalue weighted by Gasteiger charge is -2.33. The first-order chi connectivity index (χ1) is 10.3. The third-order valence-electron chi connectivity index (χ3n) is 4.93. The molecule has 1 spiro atoms. The zero-order valence-corrected chi connectivity index (χ0v) is 15.0. The summed E-state index contributed by atoms with van der Waals surface area (Å²) in [5.74, 6) is 2.66. The van der Waals surface area contributed by atoms with Crippen molar-refractivity contribution in [2.75, 3.05) is 31.1 Å². The van der Waals surface area contributed by atoms with Crippen molar-refractivity contribution < 1.29 is 0 Å². The van der Waals surface area contributed by atoms with Crippen LogP contribution in [0.1, 0.15) is 49.9 Å². The van der Waals surface area contributed by atoms with Gasteiger partial charge >= 0.3 is 0 Å². The predicted octanol–water partition coefficient (Wildman–Crippen LogP) is 4.26. The molecule has 0 aromatic carbocycles. The van der Waals surface area contributed by atoms with E-state index in [2.05, 4.69) is 53.5 Å². The average Bonchev–Trinajstić information content (AvgIpc) is 3.13. The molecule has 0 amide bonds. The van der Waals surface area contributed by atoms with Gasteiger partial charge in [-0.1, -0.05) is 13.8 Å². The maximum Gasteiger partial charge on any atom is 0.0880 e. The first-order valence-corrected chi connectivity index (χ1v) is 10.5. The zero-order chi connectivity index (χ0) is 14.7. The molecular formula is C17H28N2S2. The number of nitrogens with zero attached hydrogens (tertiary/aromatic N) is 1. The first-order valence-electron chi connectivity index (χ1n) is 8.49. The van der Waals surface area contributed by atoms with E-state index < -0.39 is 0 Å². The van der Waals surface area contributed by atoms with E-state index in [9.17, 15) is 0 Å². The minimum atomic E-state index is 0.401. The van der Waals surface area contributed by atoms with Gasteiger partial charge in [0.1, 0.15) is 0 Å². The SMILES string of the molecule is CCN(CC)CCCc1c[nH]c2c1C1(CCC2)SCCS1. The number of aryl methyl sites for hydroxylation is 2. The zero-order valence-electron chi connectivity index (χ0n) is 13.4. The Morgan fingerprint density at radius 1 is 1.24 bits per heavy atom. The second kappa shape index (κ2) is 7.01. The molecule has 1 N–H and O–H groups in total. The molecule has 1 aromatic heterocycles. The number of hydrogen-bond donors (Lipinski definition) is 1. The monoisotopic (exact) mass is 324 g/mol. The normalized spacial score (nSPS) is 20.3. The van der Waals surface area contributed by atoms with Crippen LogP contribution in [0.5, 0.6) is 0 Å². The smallest absolute Gasteiger partial charge is 0.0880 e. The quantitative estimate of drug-likeness (QED) is 0.844. The van der Waals surface area contributed by atoms with Crippen LogP contribution in [0.15, 0.2) is 6.20 Å². The molecule has 2 heterocycles. The maximum absolute atomic E-state index is 3.60. The van der Waals surface area contributed by atoms with Crippen molar-refractivity contribution in [1.29, 1.82) is 0 Å². The molecule has 1 aliphatic carbocycles. The average molecular weight is 325 g/mol. The fourth-order valence-corrected chi connectivity index (χ4v) is 7.31.